The molecule has 2 amide bonds. The molecular weight excluding hydrogens is 402 g/mol. The van der Waals surface area contributed by atoms with Gasteiger partial charge in [0, 0.05) is 19.8 Å². The molecule has 0 aliphatic rings. The van der Waals surface area contributed by atoms with Gasteiger partial charge in [-0.1, -0.05) is 18.2 Å². The van der Waals surface area contributed by atoms with Crippen molar-refractivity contribution in [3.8, 4) is 5.69 Å². The number of para-hydroxylation sites is 1. The van der Waals surface area contributed by atoms with E-state index in [2.05, 4.69) is 15.6 Å². The van der Waals surface area contributed by atoms with Crippen LogP contribution in [-0.2, 0) is 4.74 Å². The Kier molecular flexibility index (Phi) is 6.12. The molecule has 0 spiro atoms. The molecule has 0 unspecified atom stereocenters. The number of thiophene rings is 1. The highest BCUT2D eigenvalue weighted by molar-refractivity contribution is 7.14. The number of ether oxygens (including phenoxy) is 1. The van der Waals surface area contributed by atoms with Gasteiger partial charge in [-0.3, -0.25) is 15.2 Å². The van der Waals surface area contributed by atoms with E-state index < -0.39 is 17.6 Å². The minimum Gasteiger partial charge on any atom is -0.455 e. The van der Waals surface area contributed by atoms with Gasteiger partial charge in [0.15, 0.2) is 11.5 Å². The second kappa shape index (κ2) is 8.58. The first-order valence-electron chi connectivity index (χ1n) is 9.36. The number of hydrogen-bond acceptors (Lipinski definition) is 6. The van der Waals surface area contributed by atoms with Crippen LogP contribution < -0.4 is 15.5 Å². The molecule has 0 aliphatic heterocycles. The lowest BCUT2D eigenvalue weighted by Gasteiger charge is -2.21. The number of carbonyl (C=O) groups excluding carboxylic acids is 2. The number of imidazole rings is 1. The molecule has 0 bridgehead atoms. The van der Waals surface area contributed by atoms with Crippen LogP contribution in [0.1, 0.15) is 31.3 Å². The lowest BCUT2D eigenvalue weighted by molar-refractivity contribution is 0.00619. The summed E-state index contributed by atoms with van der Waals surface area (Å²) >= 11 is 1.39. The Morgan fingerprint density at radius 2 is 1.77 bits per heavy atom. The Hall–Kier alpha value is -3.33. The molecule has 2 N–H and O–H groups in total. The normalized spacial score (nSPS) is 11.1. The maximum atomic E-state index is 13.1. The van der Waals surface area contributed by atoms with Gasteiger partial charge in [0.2, 0.25) is 5.95 Å². The first-order chi connectivity index (χ1) is 14.2. The molecule has 9 heteroatoms. The molecule has 0 fully saturated rings. The van der Waals surface area contributed by atoms with Gasteiger partial charge in [0.1, 0.15) is 5.60 Å². The van der Waals surface area contributed by atoms with Crippen molar-refractivity contribution in [3.05, 3.63) is 53.5 Å². The fraction of sp³-hybridized carbons (Fsp3) is 0.286. The summed E-state index contributed by atoms with van der Waals surface area (Å²) in [6.07, 6.45) is 0. The summed E-state index contributed by atoms with van der Waals surface area (Å²) in [5, 5.41) is 7.97. The third kappa shape index (κ3) is 4.98. The van der Waals surface area contributed by atoms with Gasteiger partial charge in [-0.05, 0) is 50.4 Å². The fourth-order valence-corrected chi connectivity index (χ4v) is 3.34. The van der Waals surface area contributed by atoms with E-state index in [9.17, 15) is 9.59 Å². The molecule has 3 rings (SSSR count). The van der Waals surface area contributed by atoms with Crippen LogP contribution in [0, 0.1) is 0 Å². The number of hydrogen-bond donors (Lipinski definition) is 2. The SMILES string of the molecule is CN(C)c1nc(NC(=O)Nc2cccs2)c(C(=O)OC(C)(C)C)n1-c1ccccc1. The summed E-state index contributed by atoms with van der Waals surface area (Å²) in [6.45, 7) is 5.37. The van der Waals surface area contributed by atoms with Crippen molar-refractivity contribution in [1.29, 1.82) is 0 Å². The topological polar surface area (TPSA) is 88.5 Å². The highest BCUT2D eigenvalue weighted by atomic mass is 32.1. The second-order valence-corrected chi connectivity index (χ2v) is 8.68. The van der Waals surface area contributed by atoms with Crippen LogP contribution in [0.3, 0.4) is 0 Å². The van der Waals surface area contributed by atoms with E-state index >= 15 is 0 Å². The van der Waals surface area contributed by atoms with Crippen LogP contribution in [0.4, 0.5) is 21.6 Å². The van der Waals surface area contributed by atoms with Crippen molar-refractivity contribution in [2.45, 2.75) is 26.4 Å². The minimum atomic E-state index is -0.711. The molecule has 0 radical (unpaired) electrons. The first kappa shape index (κ1) is 21.4. The smallest absolute Gasteiger partial charge is 0.359 e. The second-order valence-electron chi connectivity index (χ2n) is 7.73. The van der Waals surface area contributed by atoms with Gasteiger partial charge in [0.25, 0.3) is 0 Å². The molecular formula is C21H25N5O3S. The fourth-order valence-electron chi connectivity index (χ4n) is 2.73. The van der Waals surface area contributed by atoms with Crippen molar-refractivity contribution in [1.82, 2.24) is 9.55 Å². The zero-order valence-corrected chi connectivity index (χ0v) is 18.4. The molecule has 2 heterocycles. The molecule has 30 heavy (non-hydrogen) atoms. The van der Waals surface area contributed by atoms with Crippen LogP contribution in [-0.4, -0.2) is 41.2 Å². The monoisotopic (exact) mass is 427 g/mol. The van der Waals surface area contributed by atoms with Crippen LogP contribution >= 0.6 is 11.3 Å². The first-order valence-corrected chi connectivity index (χ1v) is 10.2. The summed E-state index contributed by atoms with van der Waals surface area (Å²) in [6, 6.07) is 12.5. The van der Waals surface area contributed by atoms with Gasteiger partial charge < -0.3 is 9.64 Å². The number of nitrogens with one attached hydrogen (secondary N) is 2. The summed E-state index contributed by atoms with van der Waals surface area (Å²) in [5.41, 5.74) is 0.153. The summed E-state index contributed by atoms with van der Waals surface area (Å²) in [7, 11) is 3.63. The zero-order chi connectivity index (χ0) is 21.9. The van der Waals surface area contributed by atoms with Crippen LogP contribution in [0.2, 0.25) is 0 Å². The standard InChI is InChI=1S/C21H25N5O3S/c1-21(2,3)29-18(27)16-17(23-19(28)22-15-12-9-13-30-15)24-20(25(4)5)26(16)14-10-7-6-8-11-14/h6-13H,1-5H3,(H2,22,23,28). The largest absolute Gasteiger partial charge is 0.455 e. The third-order valence-electron chi connectivity index (χ3n) is 3.86. The number of urea groups is 1. The summed E-state index contributed by atoms with van der Waals surface area (Å²) < 4.78 is 7.29. The van der Waals surface area contributed by atoms with Gasteiger partial charge in [0.05, 0.1) is 5.00 Å². The highest BCUT2D eigenvalue weighted by Gasteiger charge is 2.30. The van der Waals surface area contributed by atoms with E-state index in [-0.39, 0.29) is 11.5 Å². The van der Waals surface area contributed by atoms with E-state index in [1.807, 2.05) is 55.9 Å². The van der Waals surface area contributed by atoms with Crippen molar-refractivity contribution >= 4 is 40.1 Å². The van der Waals surface area contributed by atoms with E-state index in [1.165, 1.54) is 11.3 Å². The van der Waals surface area contributed by atoms with E-state index in [0.29, 0.717) is 10.9 Å². The summed E-state index contributed by atoms with van der Waals surface area (Å²) in [4.78, 5) is 32.0. The molecule has 8 nitrogen and oxygen atoms in total. The molecule has 158 valence electrons. The minimum absolute atomic E-state index is 0.117. The van der Waals surface area contributed by atoms with E-state index in [0.717, 1.165) is 5.69 Å². The van der Waals surface area contributed by atoms with Crippen molar-refractivity contribution in [2.24, 2.45) is 0 Å². The molecule has 3 aromatic rings. The zero-order valence-electron chi connectivity index (χ0n) is 17.6. The number of benzene rings is 1. The molecule has 0 saturated heterocycles. The number of carbonyl (C=O) groups is 2. The van der Waals surface area contributed by atoms with Gasteiger partial charge in [-0.15, -0.1) is 11.3 Å². The van der Waals surface area contributed by atoms with Crippen LogP contribution in [0.25, 0.3) is 5.69 Å². The molecule has 0 aliphatic carbocycles. The number of esters is 1. The predicted octanol–water partition coefficient (Wildman–Crippen LogP) is 4.60. The number of aromatic nitrogens is 2. The Morgan fingerprint density at radius 3 is 2.33 bits per heavy atom. The lowest BCUT2D eigenvalue weighted by atomic mass is 10.2. The van der Waals surface area contributed by atoms with Gasteiger partial charge >= 0.3 is 12.0 Å². The van der Waals surface area contributed by atoms with Crippen molar-refractivity contribution in [3.63, 3.8) is 0 Å². The number of nitrogens with zero attached hydrogens (tertiary/aromatic N) is 3. The van der Waals surface area contributed by atoms with E-state index in [1.54, 1.807) is 36.3 Å². The van der Waals surface area contributed by atoms with E-state index in [4.69, 9.17) is 4.74 Å². The molecule has 0 saturated carbocycles. The molecule has 0 atom stereocenters. The molecule has 1 aromatic carbocycles. The van der Waals surface area contributed by atoms with Gasteiger partial charge in [-0.2, -0.15) is 4.98 Å². The number of rotatable bonds is 5. The average Bonchev–Trinajstić information content (AvgIpc) is 3.28. The lowest BCUT2D eigenvalue weighted by Crippen LogP contribution is -2.27. The van der Waals surface area contributed by atoms with Crippen LogP contribution in [0.15, 0.2) is 47.8 Å². The number of amides is 2. The van der Waals surface area contributed by atoms with Crippen molar-refractivity contribution in [2.75, 3.05) is 29.6 Å². The van der Waals surface area contributed by atoms with Crippen LogP contribution in [0.5, 0.6) is 0 Å². The average molecular weight is 428 g/mol. The Bertz CT molecular complexity index is 1020. The molecule has 2 aromatic heterocycles. The predicted molar refractivity (Wildman–Crippen MR) is 120 cm³/mol. The maximum absolute atomic E-state index is 13.1. The maximum Gasteiger partial charge on any atom is 0.359 e. The Morgan fingerprint density at radius 1 is 1.07 bits per heavy atom. The van der Waals surface area contributed by atoms with Crippen molar-refractivity contribution < 1.29 is 14.3 Å². The Labute approximate surface area is 179 Å². The quantitative estimate of drug-likeness (QED) is 0.581. The third-order valence-corrected chi connectivity index (χ3v) is 4.64. The highest BCUT2D eigenvalue weighted by Crippen LogP contribution is 2.29. The van der Waals surface area contributed by atoms with Gasteiger partial charge in [-0.25, -0.2) is 9.59 Å². The summed E-state index contributed by atoms with van der Waals surface area (Å²) in [5.74, 6) is 0.0118. The number of anilines is 3. The Balaban J connectivity index is 2.08.